The fraction of sp³-hybridized carbons (Fsp3) is 0.278. The Morgan fingerprint density at radius 1 is 1.21 bits per heavy atom. The minimum atomic E-state index is -1.12. The first-order valence-electron chi connectivity index (χ1n) is 7.74. The average molecular weight is 332 g/mol. The smallest absolute Gasteiger partial charge is 0.319 e. The zero-order chi connectivity index (χ0) is 17.4. The normalized spacial score (nSPS) is 11.8. The van der Waals surface area contributed by atoms with Crippen molar-refractivity contribution in [3.63, 3.8) is 0 Å². The molecule has 1 unspecified atom stereocenters. The number of halogens is 1. The quantitative estimate of drug-likeness (QED) is 0.729. The summed E-state index contributed by atoms with van der Waals surface area (Å²) in [5, 5.41) is 15.2. The number of carbonyl (C=O) groups is 1. The number of aliphatic hydroxyl groups excluding tert-OH is 1. The molecular formula is C18H21FN2O3. The van der Waals surface area contributed by atoms with E-state index in [2.05, 4.69) is 10.6 Å². The predicted octanol–water partition coefficient (Wildman–Crippen LogP) is 3.22. The minimum absolute atomic E-state index is 0.0968. The Labute approximate surface area is 140 Å². The molecule has 0 saturated carbocycles. The van der Waals surface area contributed by atoms with E-state index in [1.54, 1.807) is 24.3 Å². The summed E-state index contributed by atoms with van der Waals surface area (Å²) in [7, 11) is 0. The van der Waals surface area contributed by atoms with E-state index >= 15 is 0 Å². The molecule has 0 aliphatic rings. The summed E-state index contributed by atoms with van der Waals surface area (Å²) >= 11 is 0. The molecule has 5 nitrogen and oxygen atoms in total. The lowest BCUT2D eigenvalue weighted by atomic mass is 10.1. The molecule has 1 atom stereocenters. The number of amides is 2. The van der Waals surface area contributed by atoms with Crippen molar-refractivity contribution < 1.29 is 19.0 Å². The van der Waals surface area contributed by atoms with E-state index < -0.39 is 18.0 Å². The van der Waals surface area contributed by atoms with Crippen LogP contribution in [0.2, 0.25) is 0 Å². The van der Waals surface area contributed by atoms with E-state index in [1.165, 1.54) is 12.1 Å². The summed E-state index contributed by atoms with van der Waals surface area (Å²) in [6.07, 6.45) is -1.12. The van der Waals surface area contributed by atoms with Gasteiger partial charge in [-0.3, -0.25) is 0 Å². The van der Waals surface area contributed by atoms with Gasteiger partial charge in [0.05, 0.1) is 12.7 Å². The van der Waals surface area contributed by atoms with Gasteiger partial charge in [0.1, 0.15) is 5.82 Å². The second kappa shape index (κ2) is 9.00. The molecule has 2 rings (SSSR count). The third-order valence-electron chi connectivity index (χ3n) is 3.45. The summed E-state index contributed by atoms with van der Waals surface area (Å²) in [5.74, 6) is -0.505. The number of anilines is 1. The number of benzene rings is 2. The van der Waals surface area contributed by atoms with Crippen LogP contribution < -0.4 is 10.6 Å². The van der Waals surface area contributed by atoms with Crippen LogP contribution in [0.25, 0.3) is 0 Å². The standard InChI is InChI=1S/C18H21FN2O3/c1-2-24-12-13-7-3-6-10-16(13)21-18(23)20-11-17(22)14-8-4-5-9-15(14)19/h3-10,17,22H,2,11-12H2,1H3,(H2,20,21,23). The number of hydrogen-bond donors (Lipinski definition) is 3. The van der Waals surface area contributed by atoms with Crippen molar-refractivity contribution >= 4 is 11.7 Å². The third-order valence-corrected chi connectivity index (χ3v) is 3.45. The third kappa shape index (κ3) is 5.04. The molecule has 0 aromatic heterocycles. The van der Waals surface area contributed by atoms with Crippen LogP contribution in [-0.4, -0.2) is 24.3 Å². The number of ether oxygens (including phenoxy) is 1. The first kappa shape index (κ1) is 17.9. The van der Waals surface area contributed by atoms with E-state index in [1.807, 2.05) is 19.1 Å². The van der Waals surface area contributed by atoms with Crippen molar-refractivity contribution in [2.45, 2.75) is 19.6 Å². The highest BCUT2D eigenvalue weighted by molar-refractivity contribution is 5.90. The van der Waals surface area contributed by atoms with Gasteiger partial charge in [0.15, 0.2) is 0 Å². The monoisotopic (exact) mass is 332 g/mol. The van der Waals surface area contributed by atoms with E-state index in [9.17, 15) is 14.3 Å². The molecule has 3 N–H and O–H groups in total. The van der Waals surface area contributed by atoms with Gasteiger partial charge in [-0.25, -0.2) is 9.18 Å². The van der Waals surface area contributed by atoms with Crippen LogP contribution in [0.4, 0.5) is 14.9 Å². The zero-order valence-electron chi connectivity index (χ0n) is 13.5. The van der Waals surface area contributed by atoms with Gasteiger partial charge in [-0.15, -0.1) is 0 Å². The first-order chi connectivity index (χ1) is 11.6. The molecule has 24 heavy (non-hydrogen) atoms. The maximum atomic E-state index is 13.6. The molecule has 0 bridgehead atoms. The second-order valence-corrected chi connectivity index (χ2v) is 5.17. The van der Waals surface area contributed by atoms with Crippen molar-refractivity contribution in [2.75, 3.05) is 18.5 Å². The fourth-order valence-corrected chi connectivity index (χ4v) is 2.19. The van der Waals surface area contributed by atoms with Gasteiger partial charge in [0.25, 0.3) is 0 Å². The molecule has 2 amide bonds. The predicted molar refractivity (Wildman–Crippen MR) is 90.2 cm³/mol. The van der Waals surface area contributed by atoms with Crippen LogP contribution in [0, 0.1) is 5.82 Å². The van der Waals surface area contributed by atoms with Gasteiger partial charge < -0.3 is 20.5 Å². The van der Waals surface area contributed by atoms with E-state index in [0.717, 1.165) is 5.56 Å². The Bertz CT molecular complexity index is 679. The lowest BCUT2D eigenvalue weighted by Gasteiger charge is -2.15. The molecule has 0 saturated heterocycles. The number of urea groups is 1. The number of hydrogen-bond acceptors (Lipinski definition) is 3. The Morgan fingerprint density at radius 3 is 2.67 bits per heavy atom. The summed E-state index contributed by atoms with van der Waals surface area (Å²) in [5.41, 5.74) is 1.63. The van der Waals surface area contributed by atoms with Crippen LogP contribution in [-0.2, 0) is 11.3 Å². The number of aliphatic hydroxyl groups is 1. The largest absolute Gasteiger partial charge is 0.386 e. The highest BCUT2D eigenvalue weighted by Gasteiger charge is 2.14. The number of nitrogens with one attached hydrogen (secondary N) is 2. The van der Waals surface area contributed by atoms with Crippen molar-refractivity contribution in [2.24, 2.45) is 0 Å². The maximum absolute atomic E-state index is 13.6. The van der Waals surface area contributed by atoms with Crippen LogP contribution in [0.15, 0.2) is 48.5 Å². The van der Waals surface area contributed by atoms with Crippen molar-refractivity contribution in [1.82, 2.24) is 5.32 Å². The molecule has 0 spiro atoms. The molecule has 0 aliphatic heterocycles. The molecular weight excluding hydrogens is 311 g/mol. The van der Waals surface area contributed by atoms with E-state index in [4.69, 9.17) is 4.74 Å². The summed E-state index contributed by atoms with van der Waals surface area (Å²) in [6, 6.07) is 12.7. The molecule has 0 fully saturated rings. The zero-order valence-corrected chi connectivity index (χ0v) is 13.5. The van der Waals surface area contributed by atoms with Gasteiger partial charge in [0, 0.05) is 30.0 Å². The molecule has 0 heterocycles. The van der Waals surface area contributed by atoms with Crippen LogP contribution in [0.1, 0.15) is 24.2 Å². The van der Waals surface area contributed by atoms with Gasteiger partial charge in [0.2, 0.25) is 0 Å². The lowest BCUT2D eigenvalue weighted by Crippen LogP contribution is -2.32. The summed E-state index contributed by atoms with van der Waals surface area (Å²) < 4.78 is 18.9. The number of para-hydroxylation sites is 1. The molecule has 128 valence electrons. The molecule has 2 aromatic carbocycles. The molecule has 0 radical (unpaired) electrons. The summed E-state index contributed by atoms with van der Waals surface area (Å²) in [6.45, 7) is 2.77. The van der Waals surface area contributed by atoms with Crippen molar-refractivity contribution in [1.29, 1.82) is 0 Å². The topological polar surface area (TPSA) is 70.6 Å². The minimum Gasteiger partial charge on any atom is -0.386 e. The first-order valence-corrected chi connectivity index (χ1v) is 7.74. The fourth-order valence-electron chi connectivity index (χ4n) is 2.19. The number of rotatable bonds is 7. The van der Waals surface area contributed by atoms with Gasteiger partial charge >= 0.3 is 6.03 Å². The molecule has 6 heteroatoms. The van der Waals surface area contributed by atoms with Crippen LogP contribution in [0.5, 0.6) is 0 Å². The highest BCUT2D eigenvalue weighted by Crippen LogP contribution is 2.17. The maximum Gasteiger partial charge on any atom is 0.319 e. The highest BCUT2D eigenvalue weighted by atomic mass is 19.1. The summed E-state index contributed by atoms with van der Waals surface area (Å²) in [4.78, 5) is 12.0. The molecule has 2 aromatic rings. The SMILES string of the molecule is CCOCc1ccccc1NC(=O)NCC(O)c1ccccc1F. The van der Waals surface area contributed by atoms with Crippen LogP contribution in [0.3, 0.4) is 0 Å². The molecule has 0 aliphatic carbocycles. The van der Waals surface area contributed by atoms with E-state index in [0.29, 0.717) is 18.9 Å². The van der Waals surface area contributed by atoms with Gasteiger partial charge in [-0.05, 0) is 19.1 Å². The average Bonchev–Trinajstić information content (AvgIpc) is 2.59. The van der Waals surface area contributed by atoms with Crippen molar-refractivity contribution in [3.8, 4) is 0 Å². The number of carbonyl (C=O) groups excluding carboxylic acids is 1. The van der Waals surface area contributed by atoms with Crippen molar-refractivity contribution in [3.05, 3.63) is 65.5 Å². The Balaban J connectivity index is 1.91. The Morgan fingerprint density at radius 2 is 1.92 bits per heavy atom. The van der Waals surface area contributed by atoms with E-state index in [-0.39, 0.29) is 12.1 Å². The Hall–Kier alpha value is -2.44. The Kier molecular flexibility index (Phi) is 6.72. The van der Waals surface area contributed by atoms with Gasteiger partial charge in [-0.2, -0.15) is 0 Å². The van der Waals surface area contributed by atoms with Crippen LogP contribution >= 0.6 is 0 Å². The van der Waals surface area contributed by atoms with Gasteiger partial charge in [-0.1, -0.05) is 36.4 Å². The lowest BCUT2D eigenvalue weighted by molar-refractivity contribution is 0.134. The second-order valence-electron chi connectivity index (χ2n) is 5.17.